The molecule has 1 aromatic carbocycles. The number of nitrogens with zero attached hydrogens (tertiary/aromatic N) is 2. The second kappa shape index (κ2) is 3.84. The van der Waals surface area contributed by atoms with Gasteiger partial charge in [-0.15, -0.1) is 5.10 Å². The first-order valence-corrected chi connectivity index (χ1v) is 5.14. The van der Waals surface area contributed by atoms with Gasteiger partial charge in [0.25, 0.3) is 0 Å². The lowest BCUT2D eigenvalue weighted by molar-refractivity contribution is 1.04. The highest BCUT2D eigenvalue weighted by Gasteiger charge is 2.09. The van der Waals surface area contributed by atoms with Crippen LogP contribution < -0.4 is 5.73 Å². The summed E-state index contributed by atoms with van der Waals surface area (Å²) in [6, 6.07) is 5.03. The van der Waals surface area contributed by atoms with Crippen molar-refractivity contribution < 1.29 is 0 Å². The van der Waals surface area contributed by atoms with Gasteiger partial charge in [0.05, 0.1) is 10.7 Å². The zero-order valence-corrected chi connectivity index (χ0v) is 9.70. The smallest absolute Gasteiger partial charge is 0.225 e. The van der Waals surface area contributed by atoms with E-state index in [1.54, 1.807) is 18.2 Å². The van der Waals surface area contributed by atoms with Gasteiger partial charge in [-0.3, -0.25) is 4.57 Å². The molecule has 3 N–H and O–H groups in total. The molecule has 0 fully saturated rings. The van der Waals surface area contributed by atoms with Gasteiger partial charge < -0.3 is 5.73 Å². The molecule has 1 heterocycles. The third kappa shape index (κ3) is 1.86. The molecule has 0 bridgehead atoms. The first-order valence-electron chi connectivity index (χ1n) is 3.98. The number of rotatable bonds is 1. The number of hydrogen-bond donors (Lipinski definition) is 2. The van der Waals surface area contributed by atoms with Gasteiger partial charge in [0.2, 0.25) is 10.7 Å². The Kier molecular flexibility index (Phi) is 2.68. The zero-order valence-electron chi connectivity index (χ0n) is 7.37. The molecule has 0 unspecified atom stereocenters. The molecule has 0 spiro atoms. The Balaban J connectivity index is 2.74. The summed E-state index contributed by atoms with van der Waals surface area (Å²) in [6.45, 7) is 0. The fourth-order valence-corrected chi connectivity index (χ4v) is 1.81. The van der Waals surface area contributed by atoms with Crippen molar-refractivity contribution in [2.75, 3.05) is 5.73 Å². The van der Waals surface area contributed by atoms with Crippen LogP contribution in [-0.2, 0) is 0 Å². The van der Waals surface area contributed by atoms with Gasteiger partial charge in [0.1, 0.15) is 0 Å². The molecule has 2 aromatic rings. The Morgan fingerprint density at radius 3 is 2.73 bits per heavy atom. The average molecular weight is 261 g/mol. The lowest BCUT2D eigenvalue weighted by Gasteiger charge is -2.06. The topological polar surface area (TPSA) is 59.6 Å². The van der Waals surface area contributed by atoms with Crippen LogP contribution in [0.3, 0.4) is 0 Å². The summed E-state index contributed by atoms with van der Waals surface area (Å²) < 4.78 is 1.89. The van der Waals surface area contributed by atoms with E-state index in [2.05, 4.69) is 10.2 Å². The maximum Gasteiger partial charge on any atom is 0.225 e. The number of nitrogen functional groups attached to an aromatic ring is 1. The highest BCUT2D eigenvalue weighted by atomic mass is 35.5. The molecule has 0 aliphatic heterocycles. The van der Waals surface area contributed by atoms with Crippen LogP contribution in [0.4, 0.5) is 5.95 Å². The molecule has 0 saturated carbocycles. The molecular formula is C8H6Cl2N4S. The number of hydrogen-bond acceptors (Lipinski definition) is 3. The van der Waals surface area contributed by atoms with Crippen molar-refractivity contribution in [2.24, 2.45) is 0 Å². The molecule has 4 nitrogen and oxygen atoms in total. The number of nitrogens with one attached hydrogen (secondary N) is 1. The van der Waals surface area contributed by atoms with E-state index in [1.165, 1.54) is 4.57 Å². The number of halogens is 2. The molecule has 2 rings (SSSR count). The minimum Gasteiger partial charge on any atom is -0.368 e. The van der Waals surface area contributed by atoms with Gasteiger partial charge in [0, 0.05) is 5.02 Å². The second-order valence-corrected chi connectivity index (χ2v) is 4.05. The Morgan fingerprint density at radius 2 is 2.13 bits per heavy atom. The third-order valence-corrected chi connectivity index (χ3v) is 2.68. The van der Waals surface area contributed by atoms with Crippen LogP contribution in [0.5, 0.6) is 0 Å². The molecule has 15 heavy (non-hydrogen) atoms. The van der Waals surface area contributed by atoms with E-state index in [1.807, 2.05) is 0 Å². The van der Waals surface area contributed by atoms with Crippen molar-refractivity contribution in [3.63, 3.8) is 0 Å². The van der Waals surface area contributed by atoms with Gasteiger partial charge in [-0.05, 0) is 30.4 Å². The monoisotopic (exact) mass is 260 g/mol. The summed E-state index contributed by atoms with van der Waals surface area (Å²) in [5, 5.41) is 7.41. The van der Waals surface area contributed by atoms with Crippen LogP contribution in [0.25, 0.3) is 5.69 Å². The van der Waals surface area contributed by atoms with E-state index >= 15 is 0 Å². The van der Waals surface area contributed by atoms with Crippen molar-refractivity contribution in [1.82, 2.24) is 14.8 Å². The Morgan fingerprint density at radius 1 is 1.40 bits per heavy atom. The number of nitrogens with two attached hydrogens (primary N) is 1. The Hall–Kier alpha value is -1.04. The first kappa shape index (κ1) is 10.5. The fraction of sp³-hybridized carbons (Fsp3) is 0. The maximum absolute atomic E-state index is 6.01. The highest BCUT2D eigenvalue weighted by molar-refractivity contribution is 7.71. The second-order valence-electron chi connectivity index (χ2n) is 2.82. The van der Waals surface area contributed by atoms with Crippen LogP contribution in [-0.4, -0.2) is 14.8 Å². The standard InChI is InChI=1S/C8H6Cl2N4S/c9-4-1-2-5(10)6(3-4)14-7(11)12-13-8(14)15/h1-3H,(H2,11,12)(H,13,15). The number of benzene rings is 1. The van der Waals surface area contributed by atoms with Gasteiger partial charge in [-0.25, -0.2) is 5.10 Å². The lowest BCUT2D eigenvalue weighted by Crippen LogP contribution is -2.01. The quantitative estimate of drug-likeness (QED) is 0.776. The number of H-pyrrole nitrogens is 1. The molecule has 1 aromatic heterocycles. The maximum atomic E-state index is 6.01. The van der Waals surface area contributed by atoms with Gasteiger partial charge in [-0.2, -0.15) is 0 Å². The Bertz CT molecular complexity index is 560. The van der Waals surface area contributed by atoms with E-state index in [-0.39, 0.29) is 5.95 Å². The third-order valence-electron chi connectivity index (χ3n) is 1.85. The molecule has 0 saturated heterocycles. The van der Waals surface area contributed by atoms with Crippen LogP contribution >= 0.6 is 35.4 Å². The van der Waals surface area contributed by atoms with E-state index in [4.69, 9.17) is 41.2 Å². The first-order chi connectivity index (χ1) is 7.09. The van der Waals surface area contributed by atoms with Crippen molar-refractivity contribution >= 4 is 41.4 Å². The lowest BCUT2D eigenvalue weighted by atomic mass is 10.3. The molecular weight excluding hydrogens is 255 g/mol. The molecule has 0 atom stereocenters. The van der Waals surface area contributed by atoms with Gasteiger partial charge >= 0.3 is 0 Å². The van der Waals surface area contributed by atoms with E-state index in [9.17, 15) is 0 Å². The number of anilines is 1. The largest absolute Gasteiger partial charge is 0.368 e. The predicted molar refractivity (Wildman–Crippen MR) is 63.2 cm³/mol. The molecule has 7 heteroatoms. The van der Waals surface area contributed by atoms with E-state index in [0.717, 1.165) is 0 Å². The van der Waals surface area contributed by atoms with Crippen LogP contribution in [0, 0.1) is 4.77 Å². The van der Waals surface area contributed by atoms with Gasteiger partial charge in [-0.1, -0.05) is 23.2 Å². The molecule has 0 amide bonds. The summed E-state index contributed by atoms with van der Waals surface area (Å²) in [6.07, 6.45) is 0. The highest BCUT2D eigenvalue weighted by Crippen LogP contribution is 2.25. The van der Waals surface area contributed by atoms with Crippen LogP contribution in [0.2, 0.25) is 10.0 Å². The summed E-state index contributed by atoms with van der Waals surface area (Å²) >= 11 is 16.9. The van der Waals surface area contributed by atoms with Crippen molar-refractivity contribution in [3.8, 4) is 5.69 Å². The van der Waals surface area contributed by atoms with E-state index in [0.29, 0.717) is 20.5 Å². The Labute approximate surface area is 101 Å². The minimum atomic E-state index is 0.240. The summed E-state index contributed by atoms with van der Waals surface area (Å²) in [4.78, 5) is 0. The predicted octanol–water partition coefficient (Wildman–Crippen LogP) is 2.82. The SMILES string of the molecule is Nc1n[nH]c(=S)n1-c1cc(Cl)ccc1Cl. The minimum absolute atomic E-state index is 0.240. The van der Waals surface area contributed by atoms with Crippen molar-refractivity contribution in [2.45, 2.75) is 0 Å². The average Bonchev–Trinajstić information content (AvgIpc) is 2.51. The summed E-state index contributed by atoms with van der Waals surface area (Å²) in [5.41, 5.74) is 6.26. The normalized spacial score (nSPS) is 10.5. The van der Waals surface area contributed by atoms with Crippen LogP contribution in [0.15, 0.2) is 18.2 Å². The van der Waals surface area contributed by atoms with Gasteiger partial charge in [0.15, 0.2) is 0 Å². The fourth-order valence-electron chi connectivity index (χ4n) is 1.20. The molecule has 0 aliphatic carbocycles. The van der Waals surface area contributed by atoms with Crippen LogP contribution in [0.1, 0.15) is 0 Å². The molecule has 0 radical (unpaired) electrons. The zero-order chi connectivity index (χ0) is 11.0. The van der Waals surface area contributed by atoms with Crippen molar-refractivity contribution in [1.29, 1.82) is 0 Å². The summed E-state index contributed by atoms with van der Waals surface area (Å²) in [7, 11) is 0. The summed E-state index contributed by atoms with van der Waals surface area (Å²) in [5.74, 6) is 0.240. The molecule has 78 valence electrons. The number of aromatic amines is 1. The molecule has 0 aliphatic rings. The van der Waals surface area contributed by atoms with Crippen molar-refractivity contribution in [3.05, 3.63) is 33.0 Å². The van der Waals surface area contributed by atoms with E-state index < -0.39 is 0 Å². The number of aromatic nitrogens is 3.